The number of carbonyl (C=O) groups is 2. The number of anilines is 1. The fourth-order valence-electron chi connectivity index (χ4n) is 2.56. The molecule has 1 N–H and O–H groups in total. The van der Waals surface area contributed by atoms with Gasteiger partial charge in [-0.25, -0.2) is 0 Å². The molecule has 0 aromatic heterocycles. The van der Waals surface area contributed by atoms with Crippen molar-refractivity contribution in [2.24, 2.45) is 5.92 Å². The molecule has 2 aromatic carbocycles. The number of halogens is 3. The molecule has 8 heteroatoms. The summed E-state index contributed by atoms with van der Waals surface area (Å²) >= 11 is 17.9. The quantitative estimate of drug-likeness (QED) is 0.754. The zero-order chi connectivity index (χ0) is 18.7. The SMILES string of the molecule is O=C(COC(=O)C1COc2ccc(Cl)cc2C1)Nc1cccc(Cl)c1Cl. The monoisotopic (exact) mass is 413 g/mol. The van der Waals surface area contributed by atoms with Crippen LogP contribution in [0.25, 0.3) is 0 Å². The van der Waals surface area contributed by atoms with Gasteiger partial charge < -0.3 is 14.8 Å². The Kier molecular flexibility index (Phi) is 5.91. The lowest BCUT2D eigenvalue weighted by Crippen LogP contribution is -2.32. The Balaban J connectivity index is 1.54. The Hall–Kier alpha value is -1.95. The van der Waals surface area contributed by atoms with E-state index in [-0.39, 0.29) is 11.6 Å². The second kappa shape index (κ2) is 8.16. The van der Waals surface area contributed by atoms with E-state index in [1.807, 2.05) is 0 Å². The average molecular weight is 415 g/mol. The van der Waals surface area contributed by atoms with E-state index in [0.29, 0.717) is 27.9 Å². The third kappa shape index (κ3) is 4.41. The molecule has 0 radical (unpaired) electrons. The molecular formula is C18H14Cl3NO4. The molecule has 0 saturated carbocycles. The summed E-state index contributed by atoms with van der Waals surface area (Å²) in [5.74, 6) is -0.819. The number of amides is 1. The lowest BCUT2D eigenvalue weighted by molar-refractivity contribution is -0.152. The van der Waals surface area contributed by atoms with E-state index < -0.39 is 24.4 Å². The maximum Gasteiger partial charge on any atom is 0.313 e. The van der Waals surface area contributed by atoms with Crippen molar-refractivity contribution in [3.05, 3.63) is 57.0 Å². The van der Waals surface area contributed by atoms with Crippen LogP contribution < -0.4 is 10.1 Å². The molecule has 0 aliphatic carbocycles. The van der Waals surface area contributed by atoms with Crippen molar-refractivity contribution in [3.8, 4) is 5.75 Å². The number of hydrogen-bond acceptors (Lipinski definition) is 4. The summed E-state index contributed by atoms with van der Waals surface area (Å²) in [6.07, 6.45) is 0.441. The number of hydrogen-bond donors (Lipinski definition) is 1. The molecule has 3 rings (SSSR count). The summed E-state index contributed by atoms with van der Waals surface area (Å²) in [6.45, 7) is -0.240. The van der Waals surface area contributed by atoms with Crippen LogP contribution in [0.3, 0.4) is 0 Å². The zero-order valence-electron chi connectivity index (χ0n) is 13.4. The van der Waals surface area contributed by atoms with Crippen LogP contribution in [0.2, 0.25) is 15.1 Å². The Labute approximate surface area is 165 Å². The summed E-state index contributed by atoms with van der Waals surface area (Å²) in [4.78, 5) is 24.2. The average Bonchev–Trinajstić information content (AvgIpc) is 2.63. The molecule has 1 unspecified atom stereocenters. The van der Waals surface area contributed by atoms with Crippen molar-refractivity contribution in [1.29, 1.82) is 0 Å². The van der Waals surface area contributed by atoms with Crippen molar-refractivity contribution < 1.29 is 19.1 Å². The van der Waals surface area contributed by atoms with Gasteiger partial charge in [-0.1, -0.05) is 40.9 Å². The summed E-state index contributed by atoms with van der Waals surface area (Å²) in [6, 6.07) is 10.1. The number of ether oxygens (including phenoxy) is 2. The van der Waals surface area contributed by atoms with Crippen molar-refractivity contribution in [2.75, 3.05) is 18.5 Å². The predicted molar refractivity (Wildman–Crippen MR) is 100 cm³/mol. The third-order valence-electron chi connectivity index (χ3n) is 3.83. The van der Waals surface area contributed by atoms with Gasteiger partial charge in [-0.2, -0.15) is 0 Å². The fourth-order valence-corrected chi connectivity index (χ4v) is 3.10. The van der Waals surface area contributed by atoms with Gasteiger partial charge >= 0.3 is 5.97 Å². The molecule has 2 aromatic rings. The number of fused-ring (bicyclic) bond motifs is 1. The molecular weight excluding hydrogens is 401 g/mol. The van der Waals surface area contributed by atoms with Crippen molar-refractivity contribution in [3.63, 3.8) is 0 Å². The molecule has 1 heterocycles. The van der Waals surface area contributed by atoms with Crippen LogP contribution in [0.1, 0.15) is 5.56 Å². The van der Waals surface area contributed by atoms with Gasteiger partial charge in [0.2, 0.25) is 0 Å². The smallest absolute Gasteiger partial charge is 0.313 e. The van der Waals surface area contributed by atoms with Crippen LogP contribution in [-0.2, 0) is 20.7 Å². The first-order valence-corrected chi connectivity index (χ1v) is 8.89. The van der Waals surface area contributed by atoms with E-state index in [2.05, 4.69) is 5.32 Å². The number of nitrogens with one attached hydrogen (secondary N) is 1. The van der Waals surface area contributed by atoms with Gasteiger partial charge in [0.15, 0.2) is 6.61 Å². The standard InChI is InChI=1S/C18H14Cl3NO4/c19-12-4-5-15-10(7-12)6-11(8-25-15)18(24)26-9-16(23)22-14-3-1-2-13(20)17(14)21/h1-5,7,11H,6,8-9H2,(H,22,23). The summed E-state index contributed by atoms with van der Waals surface area (Å²) in [5, 5.41) is 3.66. The predicted octanol–water partition coefficient (Wildman–Crippen LogP) is 4.38. The van der Waals surface area contributed by atoms with E-state index in [1.54, 1.807) is 36.4 Å². The second-order valence-corrected chi connectivity index (χ2v) is 6.94. The van der Waals surface area contributed by atoms with Gasteiger partial charge in [0.1, 0.15) is 12.4 Å². The highest BCUT2D eigenvalue weighted by Gasteiger charge is 2.28. The van der Waals surface area contributed by atoms with Gasteiger partial charge in [-0.05, 0) is 42.3 Å². The van der Waals surface area contributed by atoms with Gasteiger partial charge in [-0.3, -0.25) is 9.59 Å². The molecule has 136 valence electrons. The van der Waals surface area contributed by atoms with Gasteiger partial charge in [0, 0.05) is 5.02 Å². The molecule has 26 heavy (non-hydrogen) atoms. The van der Waals surface area contributed by atoms with Gasteiger partial charge in [0.25, 0.3) is 5.91 Å². The normalized spacial score (nSPS) is 15.6. The van der Waals surface area contributed by atoms with Crippen LogP contribution in [-0.4, -0.2) is 25.1 Å². The summed E-state index contributed by atoms with van der Waals surface area (Å²) < 4.78 is 10.6. The number of benzene rings is 2. The van der Waals surface area contributed by atoms with Crippen LogP contribution in [0.15, 0.2) is 36.4 Å². The third-order valence-corrected chi connectivity index (χ3v) is 4.89. The van der Waals surface area contributed by atoms with Crippen LogP contribution in [0.5, 0.6) is 5.75 Å². The van der Waals surface area contributed by atoms with Crippen molar-refractivity contribution >= 4 is 52.4 Å². The molecule has 1 amide bonds. The van der Waals surface area contributed by atoms with Crippen LogP contribution >= 0.6 is 34.8 Å². The number of esters is 1. The fraction of sp³-hybridized carbons (Fsp3) is 0.222. The number of carbonyl (C=O) groups excluding carboxylic acids is 2. The largest absolute Gasteiger partial charge is 0.492 e. The molecule has 0 spiro atoms. The minimum absolute atomic E-state index is 0.190. The van der Waals surface area contributed by atoms with E-state index in [0.717, 1.165) is 5.56 Å². The Morgan fingerprint density at radius 3 is 2.81 bits per heavy atom. The second-order valence-electron chi connectivity index (χ2n) is 5.72. The summed E-state index contributed by atoms with van der Waals surface area (Å²) in [5.41, 5.74) is 1.19. The van der Waals surface area contributed by atoms with E-state index in [9.17, 15) is 9.59 Å². The topological polar surface area (TPSA) is 64.6 Å². The molecule has 1 atom stereocenters. The first kappa shape index (κ1) is 18.8. The maximum absolute atomic E-state index is 12.2. The Morgan fingerprint density at radius 1 is 1.19 bits per heavy atom. The first-order chi connectivity index (χ1) is 12.4. The highest BCUT2D eigenvalue weighted by molar-refractivity contribution is 6.44. The van der Waals surface area contributed by atoms with E-state index in [1.165, 1.54) is 0 Å². The maximum atomic E-state index is 12.2. The molecule has 0 bridgehead atoms. The Morgan fingerprint density at radius 2 is 2.00 bits per heavy atom. The van der Waals surface area contributed by atoms with Crippen LogP contribution in [0, 0.1) is 5.92 Å². The number of rotatable bonds is 4. The van der Waals surface area contributed by atoms with Crippen molar-refractivity contribution in [1.82, 2.24) is 0 Å². The highest BCUT2D eigenvalue weighted by Crippen LogP contribution is 2.31. The van der Waals surface area contributed by atoms with E-state index in [4.69, 9.17) is 44.3 Å². The molecule has 0 saturated heterocycles. The van der Waals surface area contributed by atoms with Gasteiger partial charge in [0.05, 0.1) is 21.7 Å². The lowest BCUT2D eigenvalue weighted by atomic mass is 9.97. The van der Waals surface area contributed by atoms with Crippen molar-refractivity contribution in [2.45, 2.75) is 6.42 Å². The van der Waals surface area contributed by atoms with Gasteiger partial charge in [-0.15, -0.1) is 0 Å². The molecule has 1 aliphatic rings. The minimum Gasteiger partial charge on any atom is -0.492 e. The molecule has 0 fully saturated rings. The summed E-state index contributed by atoms with van der Waals surface area (Å²) in [7, 11) is 0. The first-order valence-electron chi connectivity index (χ1n) is 7.76. The Bertz CT molecular complexity index is 856. The minimum atomic E-state index is -0.511. The van der Waals surface area contributed by atoms with E-state index >= 15 is 0 Å². The molecule has 5 nitrogen and oxygen atoms in total. The van der Waals surface area contributed by atoms with Crippen LogP contribution in [0.4, 0.5) is 5.69 Å². The molecule has 1 aliphatic heterocycles. The highest BCUT2D eigenvalue weighted by atomic mass is 35.5. The lowest BCUT2D eigenvalue weighted by Gasteiger charge is -2.24. The zero-order valence-corrected chi connectivity index (χ0v) is 15.7.